The van der Waals surface area contributed by atoms with Crippen LogP contribution < -0.4 is 0 Å². The van der Waals surface area contributed by atoms with Gasteiger partial charge in [0.05, 0.1) is 0 Å². The zero-order valence-electron chi connectivity index (χ0n) is 17.2. The highest BCUT2D eigenvalue weighted by molar-refractivity contribution is 5.83. The van der Waals surface area contributed by atoms with Crippen molar-refractivity contribution in [1.82, 2.24) is 4.90 Å². The smallest absolute Gasteiger partial charge is 0.411 e. The Labute approximate surface area is 160 Å². The summed E-state index contributed by atoms with van der Waals surface area (Å²) in [6, 6.07) is 12.7. The van der Waals surface area contributed by atoms with Gasteiger partial charge in [0.25, 0.3) is 0 Å². The van der Waals surface area contributed by atoms with Crippen LogP contribution in [0, 0.1) is 0 Å². The Bertz CT molecular complexity index is 945. The monoisotopic (exact) mass is 372 g/mol. The number of hydrogen-bond donors (Lipinski definition) is 2. The molecule has 0 spiro atoms. The minimum atomic E-state index is -3.13. The van der Waals surface area contributed by atoms with E-state index in [4.69, 9.17) is 14.0 Å². The molecule has 0 bridgehead atoms. The number of nitrogens with zero attached hydrogens (tertiary/aromatic N) is 1. The standard InChI is InChI=1S/C20H19NO6/c1-12(19(24)25)21(10-18(22)23)20(26)27-11-17-15-8-4-2-6-13(15)14-7-3-5-9-16(14)17/h2-9,12,17H,10-11H2,1H3,(H,22,23)(H,24,25)/t12-/m0/s1/i1D3. The Kier molecular flexibility index (Phi) is 4.10. The predicted octanol–water partition coefficient (Wildman–Crippen LogP) is 2.80. The molecule has 0 saturated carbocycles. The first-order valence-corrected chi connectivity index (χ1v) is 8.17. The van der Waals surface area contributed by atoms with Crippen LogP contribution in [0.15, 0.2) is 48.5 Å². The molecule has 27 heavy (non-hydrogen) atoms. The molecule has 0 radical (unpaired) electrons. The number of aliphatic carboxylic acids is 2. The maximum atomic E-state index is 12.6. The lowest BCUT2D eigenvalue weighted by atomic mass is 9.98. The van der Waals surface area contributed by atoms with Gasteiger partial charge >= 0.3 is 18.0 Å². The van der Waals surface area contributed by atoms with Gasteiger partial charge in [-0.1, -0.05) is 48.5 Å². The molecule has 1 amide bonds. The molecule has 140 valence electrons. The van der Waals surface area contributed by atoms with E-state index in [0.717, 1.165) is 22.3 Å². The molecule has 0 aliphatic heterocycles. The lowest BCUT2D eigenvalue weighted by molar-refractivity contribution is -0.144. The Morgan fingerprint density at radius 2 is 1.63 bits per heavy atom. The highest BCUT2D eigenvalue weighted by Gasteiger charge is 2.32. The first-order chi connectivity index (χ1) is 14.1. The third-order valence-electron chi connectivity index (χ3n) is 4.42. The average molecular weight is 372 g/mol. The van der Waals surface area contributed by atoms with E-state index in [0.29, 0.717) is 0 Å². The van der Waals surface area contributed by atoms with Crippen molar-refractivity contribution in [1.29, 1.82) is 0 Å². The normalized spacial score (nSPS) is 15.5. The molecule has 1 aliphatic carbocycles. The van der Waals surface area contributed by atoms with Crippen LogP contribution >= 0.6 is 0 Å². The number of carbonyl (C=O) groups excluding carboxylic acids is 1. The molecule has 0 unspecified atom stereocenters. The van der Waals surface area contributed by atoms with Crippen molar-refractivity contribution in [2.45, 2.75) is 18.8 Å². The van der Waals surface area contributed by atoms with E-state index >= 15 is 0 Å². The maximum absolute atomic E-state index is 12.6. The second-order valence-corrected chi connectivity index (χ2v) is 6.07. The third-order valence-corrected chi connectivity index (χ3v) is 4.42. The molecule has 0 fully saturated rings. The van der Waals surface area contributed by atoms with Gasteiger partial charge in [-0.25, -0.2) is 9.59 Å². The summed E-state index contributed by atoms with van der Waals surface area (Å²) in [5, 5.41) is 18.3. The van der Waals surface area contributed by atoms with Crippen LogP contribution in [-0.4, -0.2) is 52.3 Å². The molecule has 2 N–H and O–H groups in total. The highest BCUT2D eigenvalue weighted by atomic mass is 16.6. The topological polar surface area (TPSA) is 104 Å². The van der Waals surface area contributed by atoms with E-state index in [2.05, 4.69) is 0 Å². The Morgan fingerprint density at radius 3 is 2.11 bits per heavy atom. The van der Waals surface area contributed by atoms with Crippen LogP contribution in [0.1, 0.15) is 28.0 Å². The molecule has 0 aromatic heterocycles. The molecule has 1 atom stereocenters. The second kappa shape index (κ2) is 7.49. The fraction of sp³-hybridized carbons (Fsp3) is 0.250. The number of hydrogen-bond acceptors (Lipinski definition) is 4. The fourth-order valence-corrected chi connectivity index (χ4v) is 3.22. The molecule has 1 aliphatic rings. The minimum Gasteiger partial charge on any atom is -0.480 e. The van der Waals surface area contributed by atoms with Crippen LogP contribution in [0.5, 0.6) is 0 Å². The van der Waals surface area contributed by atoms with Crippen molar-refractivity contribution in [3.05, 3.63) is 59.7 Å². The van der Waals surface area contributed by atoms with Crippen molar-refractivity contribution >= 4 is 18.0 Å². The van der Waals surface area contributed by atoms with Gasteiger partial charge in [-0.15, -0.1) is 0 Å². The van der Waals surface area contributed by atoms with Crippen molar-refractivity contribution < 1.29 is 33.4 Å². The van der Waals surface area contributed by atoms with Crippen LogP contribution in [0.3, 0.4) is 0 Å². The molecule has 7 heteroatoms. The summed E-state index contributed by atoms with van der Waals surface area (Å²) in [5.41, 5.74) is 3.76. The van der Waals surface area contributed by atoms with E-state index < -0.39 is 37.5 Å². The van der Waals surface area contributed by atoms with Crippen LogP contribution in [0.25, 0.3) is 11.1 Å². The SMILES string of the molecule is [2H]C([2H])([2H])[C@@H](C(=O)O)N(CC(=O)O)C(=O)OCC1c2ccccc2-c2ccccc21. The van der Waals surface area contributed by atoms with E-state index in [1.165, 1.54) is 0 Å². The predicted molar refractivity (Wildman–Crippen MR) is 96.5 cm³/mol. The first-order valence-electron chi connectivity index (χ1n) is 9.67. The number of carbonyl (C=O) groups is 3. The molecule has 2 aromatic carbocycles. The van der Waals surface area contributed by atoms with E-state index in [1.54, 1.807) is 0 Å². The second-order valence-electron chi connectivity index (χ2n) is 6.07. The van der Waals surface area contributed by atoms with E-state index in [1.807, 2.05) is 48.5 Å². The summed E-state index contributed by atoms with van der Waals surface area (Å²) in [4.78, 5) is 35.4. The molecular weight excluding hydrogens is 350 g/mol. The molecule has 0 saturated heterocycles. The lowest BCUT2D eigenvalue weighted by Crippen LogP contribution is -2.46. The molecular formula is C20H19NO6. The van der Waals surface area contributed by atoms with Gasteiger partial charge in [-0.05, 0) is 29.1 Å². The highest BCUT2D eigenvalue weighted by Crippen LogP contribution is 2.44. The largest absolute Gasteiger partial charge is 0.480 e. The molecule has 2 aromatic rings. The third kappa shape index (κ3) is 3.62. The van der Waals surface area contributed by atoms with Gasteiger partial charge in [-0.2, -0.15) is 0 Å². The summed E-state index contributed by atoms with van der Waals surface area (Å²) in [6.45, 7) is -4.45. The van der Waals surface area contributed by atoms with Gasteiger partial charge in [0.1, 0.15) is 19.2 Å². The summed E-state index contributed by atoms with van der Waals surface area (Å²) in [6.07, 6.45) is -1.32. The van der Waals surface area contributed by atoms with Crippen molar-refractivity contribution in [2.24, 2.45) is 0 Å². The van der Waals surface area contributed by atoms with E-state index in [9.17, 15) is 19.5 Å². The Morgan fingerprint density at radius 1 is 1.07 bits per heavy atom. The molecule has 3 rings (SSSR count). The maximum Gasteiger partial charge on any atom is 0.411 e. The van der Waals surface area contributed by atoms with Crippen molar-refractivity contribution in [3.8, 4) is 11.1 Å². The molecule has 7 nitrogen and oxygen atoms in total. The Hall–Kier alpha value is -3.35. The van der Waals surface area contributed by atoms with Crippen molar-refractivity contribution in [2.75, 3.05) is 13.2 Å². The van der Waals surface area contributed by atoms with Gasteiger partial charge in [0.2, 0.25) is 0 Å². The zero-order valence-corrected chi connectivity index (χ0v) is 14.2. The number of carboxylic acid groups (broad SMARTS) is 2. The van der Waals surface area contributed by atoms with Crippen LogP contribution in [-0.2, 0) is 14.3 Å². The summed E-state index contributed by atoms with van der Waals surface area (Å²) in [5.74, 6) is -3.74. The van der Waals surface area contributed by atoms with E-state index in [-0.39, 0.29) is 17.4 Å². The summed E-state index contributed by atoms with van der Waals surface area (Å²) >= 11 is 0. The van der Waals surface area contributed by atoms with Gasteiger partial charge in [0.15, 0.2) is 0 Å². The number of rotatable bonds is 6. The number of ether oxygens (including phenoxy) is 1. The van der Waals surface area contributed by atoms with Crippen LogP contribution in [0.4, 0.5) is 4.79 Å². The van der Waals surface area contributed by atoms with Gasteiger partial charge in [0, 0.05) is 10.0 Å². The number of benzene rings is 2. The number of amides is 1. The lowest BCUT2D eigenvalue weighted by Gasteiger charge is -2.25. The van der Waals surface area contributed by atoms with Crippen molar-refractivity contribution in [3.63, 3.8) is 0 Å². The van der Waals surface area contributed by atoms with Gasteiger partial charge < -0.3 is 14.9 Å². The summed E-state index contributed by atoms with van der Waals surface area (Å²) < 4.78 is 27.4. The average Bonchev–Trinajstić information content (AvgIpc) is 2.98. The zero-order chi connectivity index (χ0) is 22.1. The quantitative estimate of drug-likeness (QED) is 0.808. The number of carboxylic acids is 2. The summed E-state index contributed by atoms with van der Waals surface area (Å²) in [7, 11) is 0. The Balaban J connectivity index is 1.85. The minimum absolute atomic E-state index is 0.198. The fourth-order valence-electron chi connectivity index (χ4n) is 3.22. The first kappa shape index (κ1) is 14.8. The molecule has 0 heterocycles. The van der Waals surface area contributed by atoms with Gasteiger partial charge in [-0.3, -0.25) is 9.69 Å². The number of fused-ring (bicyclic) bond motifs is 3. The van der Waals surface area contributed by atoms with Crippen LogP contribution in [0.2, 0.25) is 0 Å².